The molecular weight excluding hydrogens is 288 g/mol. The van der Waals surface area contributed by atoms with Crippen LogP contribution in [0.25, 0.3) is 0 Å². The van der Waals surface area contributed by atoms with Crippen LogP contribution in [0.2, 0.25) is 0 Å². The number of piperazine rings is 1. The predicted molar refractivity (Wildman–Crippen MR) is 77.2 cm³/mol. The number of aromatic nitrogens is 2. The number of carbonyl (C=O) groups is 2. The number of methoxy groups -OCH3 is 1. The van der Waals surface area contributed by atoms with Crippen LogP contribution in [-0.4, -0.2) is 84.7 Å². The molecule has 2 rings (SSSR count). The number of carbonyl (C=O) groups excluding carboxylic acids is 2. The second-order valence-electron chi connectivity index (χ2n) is 4.81. The zero-order valence-corrected chi connectivity index (χ0v) is 12.6. The Morgan fingerprint density at radius 2 is 1.86 bits per heavy atom. The number of hydrogen-bond donors (Lipinski definition) is 0. The van der Waals surface area contributed by atoms with Crippen LogP contribution in [-0.2, 0) is 14.3 Å². The Morgan fingerprint density at radius 3 is 2.50 bits per heavy atom. The van der Waals surface area contributed by atoms with E-state index in [0.29, 0.717) is 45.1 Å². The van der Waals surface area contributed by atoms with Gasteiger partial charge in [0.05, 0.1) is 19.4 Å². The molecule has 0 aromatic carbocycles. The summed E-state index contributed by atoms with van der Waals surface area (Å²) in [6.45, 7) is 2.87. The third-order valence-electron chi connectivity index (χ3n) is 3.36. The fourth-order valence-electron chi connectivity index (χ4n) is 2.12. The lowest BCUT2D eigenvalue weighted by molar-refractivity contribution is -0.138. The van der Waals surface area contributed by atoms with Crippen LogP contribution in [0.15, 0.2) is 18.6 Å². The van der Waals surface area contributed by atoms with Gasteiger partial charge in [-0.2, -0.15) is 0 Å². The van der Waals surface area contributed by atoms with Gasteiger partial charge in [-0.25, -0.2) is 4.98 Å². The van der Waals surface area contributed by atoms with Crippen LogP contribution < -0.4 is 0 Å². The van der Waals surface area contributed by atoms with E-state index in [9.17, 15) is 9.59 Å². The molecule has 8 heteroatoms. The van der Waals surface area contributed by atoms with Crippen molar-refractivity contribution in [3.8, 4) is 0 Å². The highest BCUT2D eigenvalue weighted by Crippen LogP contribution is 2.06. The second kappa shape index (κ2) is 8.40. The zero-order chi connectivity index (χ0) is 15.8. The number of ether oxygens (including phenoxy) is 2. The molecule has 0 N–H and O–H groups in total. The van der Waals surface area contributed by atoms with Crippen LogP contribution in [0.4, 0.5) is 0 Å². The van der Waals surface area contributed by atoms with Crippen molar-refractivity contribution in [2.45, 2.75) is 0 Å². The largest absolute Gasteiger partial charge is 0.382 e. The lowest BCUT2D eigenvalue weighted by Gasteiger charge is -2.34. The molecule has 22 heavy (non-hydrogen) atoms. The molecule has 1 aromatic rings. The normalized spacial score (nSPS) is 15.0. The predicted octanol–water partition coefficient (Wildman–Crippen LogP) is -0.576. The van der Waals surface area contributed by atoms with Crippen molar-refractivity contribution in [1.29, 1.82) is 0 Å². The summed E-state index contributed by atoms with van der Waals surface area (Å²) >= 11 is 0. The van der Waals surface area contributed by atoms with Crippen molar-refractivity contribution in [3.05, 3.63) is 24.3 Å². The first kappa shape index (κ1) is 16.3. The summed E-state index contributed by atoms with van der Waals surface area (Å²) in [6, 6.07) is 0. The molecule has 2 amide bonds. The summed E-state index contributed by atoms with van der Waals surface area (Å²) < 4.78 is 10.1. The Hall–Kier alpha value is -2.06. The maximum atomic E-state index is 12.2. The summed E-state index contributed by atoms with van der Waals surface area (Å²) in [4.78, 5) is 35.4. The molecule has 2 heterocycles. The third-order valence-corrected chi connectivity index (χ3v) is 3.36. The van der Waals surface area contributed by atoms with Gasteiger partial charge in [-0.3, -0.25) is 14.6 Å². The maximum absolute atomic E-state index is 12.2. The van der Waals surface area contributed by atoms with Gasteiger partial charge in [-0.15, -0.1) is 0 Å². The molecule has 1 fully saturated rings. The molecule has 1 aromatic heterocycles. The number of amides is 2. The van der Waals surface area contributed by atoms with Gasteiger partial charge in [0.1, 0.15) is 12.3 Å². The van der Waals surface area contributed by atoms with E-state index >= 15 is 0 Å². The van der Waals surface area contributed by atoms with Crippen molar-refractivity contribution in [1.82, 2.24) is 19.8 Å². The smallest absolute Gasteiger partial charge is 0.274 e. The minimum atomic E-state index is -0.156. The Balaban J connectivity index is 1.75. The monoisotopic (exact) mass is 308 g/mol. The Labute approximate surface area is 129 Å². The minimum absolute atomic E-state index is 0.0431. The molecule has 0 unspecified atom stereocenters. The van der Waals surface area contributed by atoms with Crippen molar-refractivity contribution in [3.63, 3.8) is 0 Å². The van der Waals surface area contributed by atoms with Crippen molar-refractivity contribution < 1.29 is 19.1 Å². The Kier molecular flexibility index (Phi) is 6.23. The van der Waals surface area contributed by atoms with E-state index < -0.39 is 0 Å². The van der Waals surface area contributed by atoms with Crippen LogP contribution in [0.3, 0.4) is 0 Å². The maximum Gasteiger partial charge on any atom is 0.274 e. The van der Waals surface area contributed by atoms with Gasteiger partial charge in [-0.1, -0.05) is 0 Å². The third kappa shape index (κ3) is 4.47. The highest BCUT2D eigenvalue weighted by Gasteiger charge is 2.25. The summed E-state index contributed by atoms with van der Waals surface area (Å²) in [5.74, 6) is -0.223. The van der Waals surface area contributed by atoms with Crippen LogP contribution in [0.5, 0.6) is 0 Å². The quantitative estimate of drug-likeness (QED) is 0.654. The molecule has 0 spiro atoms. The van der Waals surface area contributed by atoms with E-state index in [0.717, 1.165) is 0 Å². The Morgan fingerprint density at radius 1 is 1.14 bits per heavy atom. The van der Waals surface area contributed by atoms with E-state index in [4.69, 9.17) is 9.47 Å². The van der Waals surface area contributed by atoms with E-state index in [2.05, 4.69) is 9.97 Å². The van der Waals surface area contributed by atoms with Gasteiger partial charge in [0, 0.05) is 45.7 Å². The van der Waals surface area contributed by atoms with Gasteiger partial charge in [-0.05, 0) is 0 Å². The van der Waals surface area contributed by atoms with E-state index in [-0.39, 0.29) is 18.4 Å². The molecule has 120 valence electrons. The summed E-state index contributed by atoms with van der Waals surface area (Å²) in [6.07, 6.45) is 4.46. The van der Waals surface area contributed by atoms with Crippen LogP contribution in [0, 0.1) is 0 Å². The average Bonchev–Trinajstić information content (AvgIpc) is 2.59. The summed E-state index contributed by atoms with van der Waals surface area (Å²) in [7, 11) is 1.58. The molecule has 1 saturated heterocycles. The molecule has 0 saturated carbocycles. The first-order valence-electron chi connectivity index (χ1n) is 7.12. The fraction of sp³-hybridized carbons (Fsp3) is 0.571. The number of hydrogen-bond acceptors (Lipinski definition) is 6. The van der Waals surface area contributed by atoms with Gasteiger partial charge >= 0.3 is 0 Å². The van der Waals surface area contributed by atoms with E-state index in [1.165, 1.54) is 18.6 Å². The average molecular weight is 308 g/mol. The standard InChI is InChI=1S/C14H20N4O4/c1-21-8-9-22-11-13(19)17-4-6-18(7-5-17)14(20)12-10-15-2-3-16-12/h2-3,10H,4-9,11H2,1H3. The van der Waals surface area contributed by atoms with E-state index in [1.54, 1.807) is 16.9 Å². The first-order chi connectivity index (χ1) is 10.7. The highest BCUT2D eigenvalue weighted by atomic mass is 16.5. The first-order valence-corrected chi connectivity index (χ1v) is 7.12. The van der Waals surface area contributed by atoms with Gasteiger partial charge in [0.15, 0.2) is 0 Å². The Bertz CT molecular complexity index is 489. The molecule has 0 atom stereocenters. The molecule has 0 radical (unpaired) electrons. The van der Waals surface area contributed by atoms with E-state index in [1.807, 2.05) is 0 Å². The molecule has 0 bridgehead atoms. The molecular formula is C14H20N4O4. The summed E-state index contributed by atoms with van der Waals surface area (Å²) in [5.41, 5.74) is 0.324. The van der Waals surface area contributed by atoms with Crippen molar-refractivity contribution in [2.75, 3.05) is 53.1 Å². The van der Waals surface area contributed by atoms with Crippen LogP contribution in [0.1, 0.15) is 10.5 Å². The van der Waals surface area contributed by atoms with Crippen LogP contribution >= 0.6 is 0 Å². The van der Waals surface area contributed by atoms with Gasteiger partial charge < -0.3 is 19.3 Å². The van der Waals surface area contributed by atoms with Crippen molar-refractivity contribution >= 4 is 11.8 Å². The number of rotatable bonds is 6. The fourth-order valence-corrected chi connectivity index (χ4v) is 2.12. The minimum Gasteiger partial charge on any atom is -0.382 e. The molecule has 1 aliphatic heterocycles. The molecule has 0 aliphatic carbocycles. The lowest BCUT2D eigenvalue weighted by Crippen LogP contribution is -2.51. The molecule has 1 aliphatic rings. The SMILES string of the molecule is COCCOCC(=O)N1CCN(C(=O)c2cnccn2)CC1. The number of nitrogens with zero attached hydrogens (tertiary/aromatic N) is 4. The van der Waals surface area contributed by atoms with Crippen molar-refractivity contribution in [2.24, 2.45) is 0 Å². The zero-order valence-electron chi connectivity index (χ0n) is 12.6. The summed E-state index contributed by atoms with van der Waals surface area (Å²) in [5, 5.41) is 0. The second-order valence-corrected chi connectivity index (χ2v) is 4.81. The van der Waals surface area contributed by atoms with Gasteiger partial charge in [0.25, 0.3) is 5.91 Å². The van der Waals surface area contributed by atoms with Gasteiger partial charge in [0.2, 0.25) is 5.91 Å². The highest BCUT2D eigenvalue weighted by molar-refractivity contribution is 5.92. The topological polar surface area (TPSA) is 84.9 Å². The lowest BCUT2D eigenvalue weighted by atomic mass is 10.2. The molecule has 8 nitrogen and oxygen atoms in total.